The molecule has 1 saturated heterocycles. The van der Waals surface area contributed by atoms with Crippen molar-refractivity contribution in [1.29, 1.82) is 0 Å². The average molecular weight is 424 g/mol. The van der Waals surface area contributed by atoms with Crippen LogP contribution in [-0.2, 0) is 4.79 Å². The average Bonchev–Trinajstić information content (AvgIpc) is 3.29. The van der Waals surface area contributed by atoms with Crippen LogP contribution in [-0.4, -0.2) is 39.9 Å². The molecular formula is C22H21N3O2S2. The second-order valence-electron chi connectivity index (χ2n) is 7.01. The van der Waals surface area contributed by atoms with E-state index in [-0.39, 0.29) is 17.7 Å². The molecule has 0 aliphatic carbocycles. The number of carbonyl (C=O) groups is 2. The summed E-state index contributed by atoms with van der Waals surface area (Å²) < 4.78 is 0. The number of rotatable bonds is 5. The van der Waals surface area contributed by atoms with Crippen molar-refractivity contribution in [2.45, 2.75) is 13.8 Å². The van der Waals surface area contributed by atoms with Gasteiger partial charge >= 0.3 is 0 Å². The molecule has 1 N–H and O–H groups in total. The first kappa shape index (κ1) is 19.7. The van der Waals surface area contributed by atoms with Gasteiger partial charge in [-0.15, -0.1) is 0 Å². The summed E-state index contributed by atoms with van der Waals surface area (Å²) in [4.78, 5) is 31.5. The topological polar surface area (TPSA) is 62.3 Å². The molecule has 0 atom stereocenters. The summed E-state index contributed by atoms with van der Waals surface area (Å²) in [7, 11) is 0. The normalized spacial score (nSPS) is 13.7. The van der Waals surface area contributed by atoms with Crippen molar-refractivity contribution in [2.75, 3.05) is 24.2 Å². The van der Waals surface area contributed by atoms with E-state index in [1.807, 2.05) is 12.1 Å². The maximum absolute atomic E-state index is 12.4. The quantitative estimate of drug-likeness (QED) is 0.613. The fourth-order valence-electron chi connectivity index (χ4n) is 3.08. The molecule has 0 unspecified atom stereocenters. The summed E-state index contributed by atoms with van der Waals surface area (Å²) >= 11 is 2.70. The first-order valence-corrected chi connectivity index (χ1v) is 11.2. The Bertz CT molecular complexity index is 980. The van der Waals surface area contributed by atoms with Crippen LogP contribution in [0.3, 0.4) is 0 Å². The van der Waals surface area contributed by atoms with Crippen molar-refractivity contribution in [2.24, 2.45) is 0 Å². The van der Waals surface area contributed by atoms with Crippen LogP contribution in [0.1, 0.15) is 11.1 Å². The van der Waals surface area contributed by atoms with Crippen LogP contribution < -0.4 is 5.32 Å². The molecule has 0 spiro atoms. The predicted octanol–water partition coefficient (Wildman–Crippen LogP) is 5.20. The highest BCUT2D eigenvalue weighted by Gasteiger charge is 2.24. The van der Waals surface area contributed by atoms with Gasteiger partial charge in [0.25, 0.3) is 5.24 Å². The molecule has 1 fully saturated rings. The molecule has 148 valence electrons. The van der Waals surface area contributed by atoms with Crippen LogP contribution in [0.25, 0.3) is 21.7 Å². The number of thioether (sulfide) groups is 1. The third kappa shape index (κ3) is 4.52. The Balaban J connectivity index is 1.63. The van der Waals surface area contributed by atoms with E-state index in [9.17, 15) is 9.59 Å². The molecule has 0 saturated carbocycles. The lowest BCUT2D eigenvalue weighted by molar-refractivity contribution is -0.116. The number of aryl methyl sites for hydroxylation is 2. The monoisotopic (exact) mass is 423 g/mol. The number of thiazole rings is 1. The minimum atomic E-state index is -0.222. The fraction of sp³-hybridized carbons (Fsp3) is 0.227. The molecule has 29 heavy (non-hydrogen) atoms. The third-order valence-electron chi connectivity index (χ3n) is 4.69. The predicted molar refractivity (Wildman–Crippen MR) is 121 cm³/mol. The number of aromatic nitrogens is 1. The number of hydrogen-bond acceptors (Lipinski definition) is 5. The molecule has 2 amide bonds. The van der Waals surface area contributed by atoms with Crippen LogP contribution in [0.4, 0.5) is 9.93 Å². The zero-order valence-electron chi connectivity index (χ0n) is 16.3. The summed E-state index contributed by atoms with van der Waals surface area (Å²) in [6, 6.07) is 16.5. The molecule has 5 nitrogen and oxygen atoms in total. The minimum Gasteiger partial charge on any atom is -0.323 e. The summed E-state index contributed by atoms with van der Waals surface area (Å²) in [6.45, 7) is 4.78. The Morgan fingerprint density at radius 2 is 1.66 bits per heavy atom. The van der Waals surface area contributed by atoms with Gasteiger partial charge in [-0.05, 0) is 19.4 Å². The molecule has 1 aromatic heterocycles. The van der Waals surface area contributed by atoms with Crippen molar-refractivity contribution >= 4 is 39.4 Å². The lowest BCUT2D eigenvalue weighted by Gasteiger charge is -2.12. The van der Waals surface area contributed by atoms with Crippen LogP contribution in [0.15, 0.2) is 48.5 Å². The Kier molecular flexibility index (Phi) is 5.69. The maximum atomic E-state index is 12.4. The first-order chi connectivity index (χ1) is 14.0. The number of hydrogen-bond donors (Lipinski definition) is 1. The molecular weight excluding hydrogens is 402 g/mol. The Hall–Kier alpha value is -2.64. The van der Waals surface area contributed by atoms with Gasteiger partial charge in [0.15, 0.2) is 5.13 Å². The second-order valence-corrected chi connectivity index (χ2v) is 9.06. The highest BCUT2D eigenvalue weighted by Crippen LogP contribution is 2.39. The van der Waals surface area contributed by atoms with Gasteiger partial charge in [0.05, 0.1) is 10.6 Å². The standard InChI is InChI=1S/C22H21N3O2S2/c1-14-3-7-16(8-4-14)19-20(17-9-5-15(2)6-10-17)29-21(24-19)23-18(26)13-25-11-12-28-22(25)27/h3-10H,11-13H2,1-2H3,(H,23,24,26). The zero-order chi connectivity index (χ0) is 20.4. The fourth-order valence-corrected chi connectivity index (χ4v) is 4.92. The Morgan fingerprint density at radius 3 is 2.24 bits per heavy atom. The lowest BCUT2D eigenvalue weighted by atomic mass is 10.0. The number of amides is 2. The second kappa shape index (κ2) is 8.39. The Morgan fingerprint density at radius 1 is 1.03 bits per heavy atom. The molecule has 7 heteroatoms. The van der Waals surface area contributed by atoms with E-state index in [2.05, 4.69) is 55.6 Å². The van der Waals surface area contributed by atoms with Crippen LogP contribution in [0.2, 0.25) is 0 Å². The van der Waals surface area contributed by atoms with E-state index in [0.29, 0.717) is 11.7 Å². The zero-order valence-corrected chi connectivity index (χ0v) is 17.9. The van der Waals surface area contributed by atoms with Crippen molar-refractivity contribution in [1.82, 2.24) is 9.88 Å². The van der Waals surface area contributed by atoms with Gasteiger partial charge in [-0.1, -0.05) is 82.8 Å². The minimum absolute atomic E-state index is 0.0417. The van der Waals surface area contributed by atoms with Crippen molar-refractivity contribution in [3.05, 3.63) is 59.7 Å². The first-order valence-electron chi connectivity index (χ1n) is 9.36. The van der Waals surface area contributed by atoms with Crippen molar-refractivity contribution in [3.63, 3.8) is 0 Å². The van der Waals surface area contributed by atoms with E-state index < -0.39 is 0 Å². The van der Waals surface area contributed by atoms with Gasteiger partial charge in [-0.3, -0.25) is 9.59 Å². The largest absolute Gasteiger partial charge is 0.323 e. The van der Waals surface area contributed by atoms with Crippen molar-refractivity contribution in [3.8, 4) is 21.7 Å². The number of nitrogens with one attached hydrogen (secondary N) is 1. The van der Waals surface area contributed by atoms with Gasteiger partial charge in [-0.2, -0.15) is 0 Å². The lowest BCUT2D eigenvalue weighted by Crippen LogP contribution is -2.33. The maximum Gasteiger partial charge on any atom is 0.282 e. The summed E-state index contributed by atoms with van der Waals surface area (Å²) in [5.74, 6) is 0.513. The van der Waals surface area contributed by atoms with Gasteiger partial charge in [0.1, 0.15) is 6.54 Å². The Labute approximate surface area is 178 Å². The van der Waals surface area contributed by atoms with Gasteiger partial charge in [0, 0.05) is 17.9 Å². The summed E-state index contributed by atoms with van der Waals surface area (Å²) in [6.07, 6.45) is 0. The molecule has 0 radical (unpaired) electrons. The van der Waals surface area contributed by atoms with Crippen molar-refractivity contribution < 1.29 is 9.59 Å². The molecule has 2 heterocycles. The third-order valence-corrected chi connectivity index (χ3v) is 6.60. The number of carbonyl (C=O) groups excluding carboxylic acids is 2. The van der Waals surface area contributed by atoms with Crippen LogP contribution in [0, 0.1) is 13.8 Å². The molecule has 3 aromatic rings. The smallest absolute Gasteiger partial charge is 0.282 e. The van der Waals surface area contributed by atoms with E-state index in [1.54, 1.807) is 4.90 Å². The highest BCUT2D eigenvalue weighted by molar-refractivity contribution is 8.13. The number of anilines is 1. The highest BCUT2D eigenvalue weighted by atomic mass is 32.2. The molecule has 0 bridgehead atoms. The van der Waals surface area contributed by atoms with Crippen LogP contribution in [0.5, 0.6) is 0 Å². The van der Waals surface area contributed by atoms with Gasteiger partial charge < -0.3 is 10.2 Å². The van der Waals surface area contributed by atoms with Gasteiger partial charge in [-0.25, -0.2) is 4.98 Å². The SMILES string of the molecule is Cc1ccc(-c2nc(NC(=O)CN3CCSC3=O)sc2-c2ccc(C)cc2)cc1. The molecule has 2 aromatic carbocycles. The molecule has 1 aliphatic heterocycles. The summed E-state index contributed by atoms with van der Waals surface area (Å²) in [5, 5.41) is 3.38. The molecule has 4 rings (SSSR count). The molecule has 1 aliphatic rings. The van der Waals surface area contributed by atoms with Gasteiger partial charge in [0.2, 0.25) is 5.91 Å². The van der Waals surface area contributed by atoms with E-state index in [4.69, 9.17) is 4.98 Å². The van der Waals surface area contributed by atoms with E-state index >= 15 is 0 Å². The number of benzene rings is 2. The van der Waals surface area contributed by atoms with E-state index in [0.717, 1.165) is 27.5 Å². The van der Waals surface area contributed by atoms with Crippen LogP contribution >= 0.6 is 23.1 Å². The number of nitrogens with zero attached hydrogens (tertiary/aromatic N) is 2. The van der Waals surface area contributed by atoms with E-state index in [1.165, 1.54) is 34.2 Å². The summed E-state index contributed by atoms with van der Waals surface area (Å²) in [5.41, 5.74) is 5.30.